The lowest BCUT2D eigenvalue weighted by Crippen LogP contribution is -2.17. The lowest BCUT2D eigenvalue weighted by molar-refractivity contribution is 0.0528. The molecule has 154 valence electrons. The van der Waals surface area contributed by atoms with Crippen LogP contribution >= 0.6 is 0 Å². The lowest BCUT2D eigenvalue weighted by atomic mass is 10.2. The van der Waals surface area contributed by atoms with Gasteiger partial charge in [-0.1, -0.05) is 24.3 Å². The van der Waals surface area contributed by atoms with Crippen molar-refractivity contribution in [3.8, 4) is 17.4 Å². The van der Waals surface area contributed by atoms with Gasteiger partial charge in [0.25, 0.3) is 5.88 Å². The van der Waals surface area contributed by atoms with Gasteiger partial charge in [-0.3, -0.25) is 0 Å². The fourth-order valence-electron chi connectivity index (χ4n) is 3.13. The maximum Gasteiger partial charge on any atom is 0.343 e. The number of anilines is 1. The first-order chi connectivity index (χ1) is 15.2. The van der Waals surface area contributed by atoms with Crippen LogP contribution < -0.4 is 10.1 Å². The van der Waals surface area contributed by atoms with E-state index >= 15 is 0 Å². The van der Waals surface area contributed by atoms with Crippen LogP contribution in [0.25, 0.3) is 5.65 Å². The van der Waals surface area contributed by atoms with Gasteiger partial charge < -0.3 is 19.9 Å². The van der Waals surface area contributed by atoms with Gasteiger partial charge in [0, 0.05) is 0 Å². The number of esters is 1. The minimum absolute atomic E-state index is 0.00882. The van der Waals surface area contributed by atoms with E-state index in [9.17, 15) is 9.90 Å². The highest BCUT2D eigenvalue weighted by Crippen LogP contribution is 2.36. The molecule has 2 aromatic carbocycles. The number of hydrogen-bond acceptors (Lipinski definition) is 8. The summed E-state index contributed by atoms with van der Waals surface area (Å²) in [4.78, 5) is 16.8. The number of ether oxygens (including phenoxy) is 2. The summed E-state index contributed by atoms with van der Waals surface area (Å²) in [6, 6.07) is 13.9. The third kappa shape index (κ3) is 3.19. The van der Waals surface area contributed by atoms with Crippen molar-refractivity contribution in [2.24, 2.45) is 4.99 Å². The summed E-state index contributed by atoms with van der Waals surface area (Å²) < 4.78 is 12.5. The van der Waals surface area contributed by atoms with E-state index in [1.807, 2.05) is 18.2 Å². The number of carbonyl (C=O) groups is 1. The lowest BCUT2D eigenvalue weighted by Gasteiger charge is -2.08. The van der Waals surface area contributed by atoms with Gasteiger partial charge in [-0.15, -0.1) is 10.2 Å². The van der Waals surface area contributed by atoms with Crippen molar-refractivity contribution in [2.75, 3.05) is 11.9 Å². The number of aromatic hydroxyl groups is 1. The number of phenols is 1. The molecule has 10 heteroatoms. The summed E-state index contributed by atoms with van der Waals surface area (Å²) in [7, 11) is 0. The van der Waals surface area contributed by atoms with Crippen LogP contribution in [-0.4, -0.2) is 43.3 Å². The number of para-hydroxylation sites is 4. The Hall–Kier alpha value is -4.47. The van der Waals surface area contributed by atoms with Gasteiger partial charge in [0.1, 0.15) is 17.0 Å². The molecule has 0 bridgehead atoms. The SMILES string of the molecule is CCOC(=O)c1cnn2c3c(nnc12)C(=Nc1ccccc1O)Nc1ccccc1O3. The van der Waals surface area contributed by atoms with E-state index in [1.54, 1.807) is 31.2 Å². The van der Waals surface area contributed by atoms with Gasteiger partial charge >= 0.3 is 5.97 Å². The maximum atomic E-state index is 12.2. The first-order valence-electron chi connectivity index (χ1n) is 9.48. The molecule has 3 heterocycles. The number of fused-ring (bicyclic) bond motifs is 4. The molecule has 0 spiro atoms. The standard InChI is InChI=1S/C21H16N6O4/c1-2-30-21(29)12-11-22-27-19(12)26-25-17-18(23-13-7-3-5-9-15(13)28)24-14-8-4-6-10-16(14)31-20(17)27/h3-11,28H,2H2,1H3,(H,23,24). The topological polar surface area (TPSA) is 123 Å². The molecule has 2 aromatic heterocycles. The Balaban J connectivity index is 1.74. The average Bonchev–Trinajstić information content (AvgIpc) is 3.14. The van der Waals surface area contributed by atoms with Crippen molar-refractivity contribution in [3.05, 3.63) is 66.0 Å². The van der Waals surface area contributed by atoms with Crippen LogP contribution in [0.4, 0.5) is 11.4 Å². The number of benzene rings is 2. The van der Waals surface area contributed by atoms with Crippen LogP contribution in [0.5, 0.6) is 17.4 Å². The van der Waals surface area contributed by atoms with Crippen LogP contribution in [0.2, 0.25) is 0 Å². The van der Waals surface area contributed by atoms with Gasteiger partial charge in [-0.25, -0.2) is 9.79 Å². The van der Waals surface area contributed by atoms with Crippen LogP contribution in [0.3, 0.4) is 0 Å². The molecule has 10 nitrogen and oxygen atoms in total. The van der Waals surface area contributed by atoms with Crippen molar-refractivity contribution < 1.29 is 19.4 Å². The zero-order valence-electron chi connectivity index (χ0n) is 16.3. The molecular weight excluding hydrogens is 400 g/mol. The number of aromatic nitrogens is 4. The van der Waals surface area contributed by atoms with Gasteiger partial charge in [0.2, 0.25) is 0 Å². The summed E-state index contributed by atoms with van der Waals surface area (Å²) >= 11 is 0. The second-order valence-corrected chi connectivity index (χ2v) is 6.54. The van der Waals surface area contributed by atoms with Crippen LogP contribution in [0, 0.1) is 0 Å². The first-order valence-corrected chi connectivity index (χ1v) is 9.48. The van der Waals surface area contributed by atoms with E-state index < -0.39 is 5.97 Å². The first kappa shape index (κ1) is 18.6. The molecule has 31 heavy (non-hydrogen) atoms. The highest BCUT2D eigenvalue weighted by molar-refractivity contribution is 6.11. The smallest absolute Gasteiger partial charge is 0.343 e. The van der Waals surface area contributed by atoms with Gasteiger partial charge in [-0.05, 0) is 31.2 Å². The molecule has 0 saturated carbocycles. The van der Waals surface area contributed by atoms with Crippen molar-refractivity contribution in [3.63, 3.8) is 0 Å². The van der Waals surface area contributed by atoms with Crippen LogP contribution in [-0.2, 0) is 4.74 Å². The van der Waals surface area contributed by atoms with E-state index in [4.69, 9.17) is 9.47 Å². The number of hydrogen-bond donors (Lipinski definition) is 2. The predicted octanol–water partition coefficient (Wildman–Crippen LogP) is 3.30. The molecule has 0 amide bonds. The second kappa shape index (κ2) is 7.41. The molecule has 0 unspecified atom stereocenters. The molecule has 1 aliphatic heterocycles. The molecule has 0 radical (unpaired) electrons. The summed E-state index contributed by atoms with van der Waals surface area (Å²) in [6.07, 6.45) is 1.36. The normalized spacial score (nSPS) is 13.6. The quantitative estimate of drug-likeness (QED) is 0.488. The fraction of sp³-hybridized carbons (Fsp3) is 0.0952. The van der Waals surface area contributed by atoms with E-state index in [-0.39, 0.29) is 35.1 Å². The molecule has 4 aromatic rings. The number of carbonyl (C=O) groups excluding carboxylic acids is 1. The Labute approximate surface area is 175 Å². The third-order valence-electron chi connectivity index (χ3n) is 4.56. The molecule has 1 aliphatic rings. The molecule has 0 saturated heterocycles. The number of nitrogens with zero attached hydrogens (tertiary/aromatic N) is 5. The average molecular weight is 416 g/mol. The Kier molecular flexibility index (Phi) is 4.43. The summed E-state index contributed by atoms with van der Waals surface area (Å²) in [5.41, 5.74) is 1.60. The van der Waals surface area contributed by atoms with Gasteiger partial charge in [0.15, 0.2) is 22.9 Å². The summed E-state index contributed by atoms with van der Waals surface area (Å²) in [5.74, 6) is 0.474. The minimum atomic E-state index is -0.554. The Morgan fingerprint density at radius 1 is 1.19 bits per heavy atom. The van der Waals surface area contributed by atoms with Crippen molar-refractivity contribution in [1.82, 2.24) is 19.8 Å². The molecule has 0 atom stereocenters. The third-order valence-corrected chi connectivity index (χ3v) is 4.56. The molecule has 0 fully saturated rings. The Bertz CT molecular complexity index is 1350. The number of rotatable bonds is 3. The van der Waals surface area contributed by atoms with E-state index in [0.29, 0.717) is 23.0 Å². The summed E-state index contributed by atoms with van der Waals surface area (Å²) in [6.45, 7) is 1.94. The highest BCUT2D eigenvalue weighted by Gasteiger charge is 2.27. The number of amidine groups is 1. The zero-order chi connectivity index (χ0) is 21.4. The van der Waals surface area contributed by atoms with E-state index in [1.165, 1.54) is 16.8 Å². The number of phenolic OH excluding ortho intramolecular Hbond substituents is 1. The van der Waals surface area contributed by atoms with Crippen molar-refractivity contribution in [2.45, 2.75) is 6.92 Å². The van der Waals surface area contributed by atoms with Crippen molar-refractivity contribution in [1.29, 1.82) is 0 Å². The summed E-state index contributed by atoms with van der Waals surface area (Å²) in [5, 5.41) is 26.0. The van der Waals surface area contributed by atoms with Gasteiger partial charge in [-0.2, -0.15) is 9.61 Å². The maximum absolute atomic E-state index is 12.2. The fourth-order valence-corrected chi connectivity index (χ4v) is 3.13. The minimum Gasteiger partial charge on any atom is -0.506 e. The van der Waals surface area contributed by atoms with Crippen LogP contribution in [0.15, 0.2) is 59.7 Å². The van der Waals surface area contributed by atoms with Gasteiger partial charge in [0.05, 0.1) is 18.5 Å². The molecular formula is C21H16N6O4. The number of nitrogens with one attached hydrogen (secondary N) is 1. The Morgan fingerprint density at radius 2 is 2.00 bits per heavy atom. The molecule has 5 rings (SSSR count). The Morgan fingerprint density at radius 3 is 2.84 bits per heavy atom. The monoisotopic (exact) mass is 416 g/mol. The van der Waals surface area contributed by atoms with E-state index in [2.05, 4.69) is 25.6 Å². The zero-order valence-corrected chi connectivity index (χ0v) is 16.3. The second-order valence-electron chi connectivity index (χ2n) is 6.54. The van der Waals surface area contributed by atoms with Crippen LogP contribution in [0.1, 0.15) is 23.0 Å². The largest absolute Gasteiger partial charge is 0.506 e. The number of aliphatic imine (C=N–C) groups is 1. The highest BCUT2D eigenvalue weighted by atomic mass is 16.5. The molecule has 0 aliphatic carbocycles. The predicted molar refractivity (Wildman–Crippen MR) is 111 cm³/mol. The molecule has 2 N–H and O–H groups in total. The van der Waals surface area contributed by atoms with Crippen molar-refractivity contribution >= 4 is 28.8 Å². The van der Waals surface area contributed by atoms with E-state index in [0.717, 1.165) is 0 Å².